The molecule has 1 N–H and O–H groups in total. The van der Waals surface area contributed by atoms with Gasteiger partial charge in [0.15, 0.2) is 0 Å². The zero-order chi connectivity index (χ0) is 17.8. The van der Waals surface area contributed by atoms with Crippen molar-refractivity contribution in [3.8, 4) is 0 Å². The number of hydrogen-bond acceptors (Lipinski definition) is 4. The van der Waals surface area contributed by atoms with E-state index in [9.17, 15) is 9.90 Å². The van der Waals surface area contributed by atoms with E-state index in [4.69, 9.17) is 4.74 Å². The van der Waals surface area contributed by atoms with E-state index in [0.29, 0.717) is 26.3 Å². The number of aryl methyl sites for hydroxylation is 1. The SMILES string of the molecule is Cc1ccccc1CN(C)C(=O)CN1CCOC[C@@H]1[C@@H]1CCC[C@H]1O. The average Bonchev–Trinajstić information content (AvgIpc) is 3.03. The third kappa shape index (κ3) is 4.40. The number of rotatable bonds is 5. The van der Waals surface area contributed by atoms with Crippen molar-refractivity contribution < 1.29 is 14.6 Å². The summed E-state index contributed by atoms with van der Waals surface area (Å²) in [5.41, 5.74) is 2.39. The molecule has 1 saturated heterocycles. The zero-order valence-electron chi connectivity index (χ0n) is 15.4. The van der Waals surface area contributed by atoms with Crippen molar-refractivity contribution in [2.24, 2.45) is 5.92 Å². The average molecular weight is 346 g/mol. The lowest BCUT2D eigenvalue weighted by molar-refractivity contribution is -0.135. The molecule has 1 aromatic rings. The van der Waals surface area contributed by atoms with E-state index in [1.165, 1.54) is 11.1 Å². The molecule has 1 saturated carbocycles. The van der Waals surface area contributed by atoms with E-state index in [-0.39, 0.29) is 24.0 Å². The van der Waals surface area contributed by atoms with Gasteiger partial charge < -0.3 is 14.7 Å². The van der Waals surface area contributed by atoms with Crippen LogP contribution in [0.5, 0.6) is 0 Å². The first-order chi connectivity index (χ1) is 12.1. The maximum atomic E-state index is 12.7. The van der Waals surface area contributed by atoms with Crippen LogP contribution >= 0.6 is 0 Å². The summed E-state index contributed by atoms with van der Waals surface area (Å²) < 4.78 is 5.65. The summed E-state index contributed by atoms with van der Waals surface area (Å²) >= 11 is 0. The summed E-state index contributed by atoms with van der Waals surface area (Å²) in [5.74, 6) is 0.359. The molecule has 5 nitrogen and oxygen atoms in total. The number of morpholine rings is 1. The van der Waals surface area contributed by atoms with Crippen LogP contribution in [0.4, 0.5) is 0 Å². The molecule has 25 heavy (non-hydrogen) atoms. The van der Waals surface area contributed by atoms with E-state index < -0.39 is 0 Å². The second kappa shape index (κ2) is 8.30. The molecule has 3 atom stereocenters. The number of carbonyl (C=O) groups is 1. The molecule has 1 aromatic carbocycles. The topological polar surface area (TPSA) is 53.0 Å². The predicted molar refractivity (Wildman–Crippen MR) is 97.2 cm³/mol. The number of aliphatic hydroxyl groups is 1. The number of ether oxygens (including phenoxy) is 1. The lowest BCUT2D eigenvalue weighted by Gasteiger charge is -2.40. The van der Waals surface area contributed by atoms with E-state index >= 15 is 0 Å². The normalized spacial score (nSPS) is 27.4. The quantitative estimate of drug-likeness (QED) is 0.884. The van der Waals surface area contributed by atoms with Gasteiger partial charge in [-0.15, -0.1) is 0 Å². The number of likely N-dealkylation sites (N-methyl/N-ethyl adjacent to an activating group) is 1. The van der Waals surface area contributed by atoms with Gasteiger partial charge in [0.2, 0.25) is 5.91 Å². The van der Waals surface area contributed by atoms with Gasteiger partial charge in [-0.2, -0.15) is 0 Å². The number of aliphatic hydroxyl groups excluding tert-OH is 1. The Kier molecular flexibility index (Phi) is 6.10. The summed E-state index contributed by atoms with van der Waals surface area (Å²) in [6.07, 6.45) is 2.71. The standard InChI is InChI=1S/C20H30N2O3/c1-15-6-3-4-7-16(15)12-21(2)20(24)13-22-10-11-25-14-18(22)17-8-5-9-19(17)23/h3-4,6-7,17-19,23H,5,8-14H2,1-2H3/t17-,18+,19+/m0/s1. The van der Waals surface area contributed by atoms with Crippen LogP contribution < -0.4 is 0 Å². The third-order valence-corrected chi connectivity index (χ3v) is 5.74. The Bertz CT molecular complexity index is 592. The van der Waals surface area contributed by atoms with Crippen molar-refractivity contribution in [1.82, 2.24) is 9.80 Å². The van der Waals surface area contributed by atoms with Gasteiger partial charge >= 0.3 is 0 Å². The van der Waals surface area contributed by atoms with Crippen molar-refractivity contribution in [2.45, 2.75) is 44.9 Å². The Balaban J connectivity index is 1.61. The van der Waals surface area contributed by atoms with E-state index in [1.54, 1.807) is 4.90 Å². The van der Waals surface area contributed by atoms with Crippen LogP contribution in [0.15, 0.2) is 24.3 Å². The van der Waals surface area contributed by atoms with Gasteiger partial charge in [-0.25, -0.2) is 0 Å². The molecule has 0 radical (unpaired) electrons. The van der Waals surface area contributed by atoms with Crippen molar-refractivity contribution in [3.05, 3.63) is 35.4 Å². The molecule has 0 bridgehead atoms. The number of hydrogen-bond donors (Lipinski definition) is 1. The molecule has 2 fully saturated rings. The lowest BCUT2D eigenvalue weighted by Crippen LogP contribution is -2.54. The maximum Gasteiger partial charge on any atom is 0.236 e. The molecule has 3 rings (SSSR count). The van der Waals surface area contributed by atoms with Crippen LogP contribution in [0.1, 0.15) is 30.4 Å². The molecule has 0 aromatic heterocycles. The highest BCUT2D eigenvalue weighted by atomic mass is 16.5. The van der Waals surface area contributed by atoms with Crippen molar-refractivity contribution in [1.29, 1.82) is 0 Å². The molecule has 5 heteroatoms. The Labute approximate surface area is 150 Å². The Morgan fingerprint density at radius 3 is 2.88 bits per heavy atom. The van der Waals surface area contributed by atoms with Crippen molar-refractivity contribution in [2.75, 3.05) is 33.4 Å². The van der Waals surface area contributed by atoms with Crippen LogP contribution in [0.25, 0.3) is 0 Å². The van der Waals surface area contributed by atoms with Crippen LogP contribution in [0.2, 0.25) is 0 Å². The Morgan fingerprint density at radius 2 is 2.16 bits per heavy atom. The summed E-state index contributed by atoms with van der Waals surface area (Å²) in [4.78, 5) is 16.8. The van der Waals surface area contributed by atoms with Crippen LogP contribution in [-0.2, 0) is 16.1 Å². The molecule has 1 aliphatic carbocycles. The number of nitrogens with zero attached hydrogens (tertiary/aromatic N) is 2. The Morgan fingerprint density at radius 1 is 1.36 bits per heavy atom. The highest BCUT2D eigenvalue weighted by Gasteiger charge is 2.38. The zero-order valence-corrected chi connectivity index (χ0v) is 15.4. The fourth-order valence-electron chi connectivity index (χ4n) is 4.09. The summed E-state index contributed by atoms with van der Waals surface area (Å²) in [5, 5.41) is 10.3. The van der Waals surface area contributed by atoms with E-state index in [0.717, 1.165) is 25.8 Å². The Hall–Kier alpha value is -1.43. The minimum absolute atomic E-state index is 0.127. The lowest BCUT2D eigenvalue weighted by atomic mass is 9.94. The highest BCUT2D eigenvalue weighted by molar-refractivity contribution is 5.78. The third-order valence-electron chi connectivity index (χ3n) is 5.74. The van der Waals surface area contributed by atoms with Crippen molar-refractivity contribution in [3.63, 3.8) is 0 Å². The van der Waals surface area contributed by atoms with Gasteiger partial charge in [0.25, 0.3) is 0 Å². The van der Waals surface area contributed by atoms with Gasteiger partial charge in [-0.05, 0) is 30.9 Å². The monoisotopic (exact) mass is 346 g/mol. The number of benzene rings is 1. The molecular weight excluding hydrogens is 316 g/mol. The maximum absolute atomic E-state index is 12.7. The van der Waals surface area contributed by atoms with E-state index in [2.05, 4.69) is 24.0 Å². The van der Waals surface area contributed by atoms with Gasteiger partial charge in [-0.1, -0.05) is 30.7 Å². The predicted octanol–water partition coefficient (Wildman–Crippen LogP) is 1.82. The number of amides is 1. The fourth-order valence-corrected chi connectivity index (χ4v) is 4.09. The summed E-state index contributed by atoms with van der Waals surface area (Å²) in [6.45, 7) is 5.15. The second-order valence-electron chi connectivity index (χ2n) is 7.45. The van der Waals surface area contributed by atoms with Crippen molar-refractivity contribution >= 4 is 5.91 Å². The van der Waals surface area contributed by atoms with Crippen LogP contribution in [0.3, 0.4) is 0 Å². The van der Waals surface area contributed by atoms with Gasteiger partial charge in [0.05, 0.1) is 25.9 Å². The minimum atomic E-state index is -0.256. The molecule has 0 spiro atoms. The molecule has 1 amide bonds. The fraction of sp³-hybridized carbons (Fsp3) is 0.650. The molecule has 2 aliphatic rings. The van der Waals surface area contributed by atoms with Gasteiger partial charge in [0, 0.05) is 32.1 Å². The molecular formula is C20H30N2O3. The van der Waals surface area contributed by atoms with E-state index in [1.807, 2.05) is 19.2 Å². The first-order valence-corrected chi connectivity index (χ1v) is 9.34. The number of carbonyl (C=O) groups excluding carboxylic acids is 1. The smallest absolute Gasteiger partial charge is 0.236 e. The summed E-state index contributed by atoms with van der Waals surface area (Å²) in [6, 6.07) is 8.34. The van der Waals surface area contributed by atoms with Gasteiger partial charge in [-0.3, -0.25) is 9.69 Å². The second-order valence-corrected chi connectivity index (χ2v) is 7.45. The van der Waals surface area contributed by atoms with Crippen LogP contribution in [-0.4, -0.2) is 66.3 Å². The van der Waals surface area contributed by atoms with Crippen LogP contribution in [0, 0.1) is 12.8 Å². The largest absolute Gasteiger partial charge is 0.393 e. The molecule has 138 valence electrons. The first-order valence-electron chi connectivity index (χ1n) is 9.34. The molecule has 0 unspecified atom stereocenters. The minimum Gasteiger partial charge on any atom is -0.393 e. The highest BCUT2D eigenvalue weighted by Crippen LogP contribution is 2.32. The van der Waals surface area contributed by atoms with Gasteiger partial charge in [0.1, 0.15) is 0 Å². The molecule has 1 heterocycles. The molecule has 1 aliphatic heterocycles. The summed E-state index contributed by atoms with van der Waals surface area (Å²) in [7, 11) is 1.87. The first kappa shape index (κ1) is 18.4.